The van der Waals surface area contributed by atoms with Crippen molar-refractivity contribution in [2.45, 2.75) is 46.3 Å². The summed E-state index contributed by atoms with van der Waals surface area (Å²) in [7, 11) is 3.08. The molecule has 1 amide bonds. The van der Waals surface area contributed by atoms with Crippen molar-refractivity contribution < 1.29 is 33.3 Å². The first-order chi connectivity index (χ1) is 15.6. The van der Waals surface area contributed by atoms with Crippen LogP contribution in [0.15, 0.2) is 42.5 Å². The fraction of sp³-hybridized carbons (Fsp3) is 0.400. The van der Waals surface area contributed by atoms with Gasteiger partial charge in [-0.15, -0.1) is 0 Å². The summed E-state index contributed by atoms with van der Waals surface area (Å²) in [6.07, 6.45) is -0.417. The average Bonchev–Trinajstić information content (AvgIpc) is 2.76. The Morgan fingerprint density at radius 3 is 2.15 bits per heavy atom. The number of rotatable bonds is 9. The van der Waals surface area contributed by atoms with E-state index in [0.29, 0.717) is 28.3 Å². The average molecular weight is 458 g/mol. The molecular formula is C25H31NO7. The van der Waals surface area contributed by atoms with E-state index in [1.807, 2.05) is 0 Å². The van der Waals surface area contributed by atoms with Gasteiger partial charge in [0, 0.05) is 17.3 Å². The molecule has 0 saturated heterocycles. The number of nitrogens with zero attached hydrogens (tertiary/aromatic N) is 1. The molecule has 0 spiro atoms. The predicted molar refractivity (Wildman–Crippen MR) is 124 cm³/mol. The molecule has 0 N–H and O–H groups in total. The van der Waals surface area contributed by atoms with Crippen LogP contribution in [0.3, 0.4) is 0 Å². The van der Waals surface area contributed by atoms with Gasteiger partial charge in [-0.3, -0.25) is 9.59 Å². The lowest BCUT2D eigenvalue weighted by Gasteiger charge is -2.24. The fourth-order valence-corrected chi connectivity index (χ4v) is 3.02. The van der Waals surface area contributed by atoms with Crippen LogP contribution in [0.25, 0.3) is 0 Å². The molecule has 2 aromatic rings. The number of esters is 2. The van der Waals surface area contributed by atoms with Gasteiger partial charge < -0.3 is 23.8 Å². The SMILES string of the molecule is CCOC(=O)CC(=O)N(Cc1ccc(OC)cc1OC)c1ccc(C(=O)OC(C)(C)C)cc1. The smallest absolute Gasteiger partial charge is 0.338 e. The molecule has 2 aromatic carbocycles. The summed E-state index contributed by atoms with van der Waals surface area (Å²) in [5.41, 5.74) is 0.956. The van der Waals surface area contributed by atoms with Crippen molar-refractivity contribution in [3.05, 3.63) is 53.6 Å². The Morgan fingerprint density at radius 2 is 1.61 bits per heavy atom. The number of benzene rings is 2. The van der Waals surface area contributed by atoms with E-state index >= 15 is 0 Å². The Balaban J connectivity index is 2.36. The Kier molecular flexibility index (Phi) is 8.85. The normalized spacial score (nSPS) is 10.8. The summed E-state index contributed by atoms with van der Waals surface area (Å²) in [6, 6.07) is 11.7. The lowest BCUT2D eigenvalue weighted by Crippen LogP contribution is -2.32. The van der Waals surface area contributed by atoms with Crippen molar-refractivity contribution in [3.8, 4) is 11.5 Å². The van der Waals surface area contributed by atoms with E-state index in [4.69, 9.17) is 18.9 Å². The highest BCUT2D eigenvalue weighted by atomic mass is 16.6. The van der Waals surface area contributed by atoms with Crippen molar-refractivity contribution in [1.82, 2.24) is 0 Å². The molecule has 178 valence electrons. The van der Waals surface area contributed by atoms with Gasteiger partial charge in [0.05, 0.1) is 32.9 Å². The molecule has 0 saturated carbocycles. The molecule has 0 fully saturated rings. The van der Waals surface area contributed by atoms with Crippen LogP contribution < -0.4 is 14.4 Å². The second kappa shape index (κ2) is 11.4. The monoisotopic (exact) mass is 457 g/mol. The van der Waals surface area contributed by atoms with Crippen molar-refractivity contribution in [1.29, 1.82) is 0 Å². The molecule has 0 unspecified atom stereocenters. The number of amides is 1. The number of anilines is 1. The molecule has 0 aliphatic heterocycles. The van der Waals surface area contributed by atoms with E-state index < -0.39 is 29.9 Å². The zero-order chi connectivity index (χ0) is 24.6. The Hall–Kier alpha value is -3.55. The van der Waals surface area contributed by atoms with Crippen LogP contribution in [0.4, 0.5) is 5.69 Å². The van der Waals surface area contributed by atoms with Crippen LogP contribution in [-0.4, -0.2) is 44.3 Å². The first-order valence-corrected chi connectivity index (χ1v) is 10.6. The van der Waals surface area contributed by atoms with Crippen LogP contribution >= 0.6 is 0 Å². The molecule has 8 nitrogen and oxygen atoms in total. The quantitative estimate of drug-likeness (QED) is 0.413. The minimum Gasteiger partial charge on any atom is -0.497 e. The van der Waals surface area contributed by atoms with E-state index in [1.165, 1.54) is 12.0 Å². The van der Waals surface area contributed by atoms with Gasteiger partial charge in [0.25, 0.3) is 0 Å². The minimum absolute atomic E-state index is 0.136. The van der Waals surface area contributed by atoms with Crippen molar-refractivity contribution >= 4 is 23.5 Å². The first kappa shape index (κ1) is 25.7. The molecule has 0 heterocycles. The molecule has 0 aliphatic rings. The summed E-state index contributed by atoms with van der Waals surface area (Å²) in [5, 5.41) is 0. The highest BCUT2D eigenvalue weighted by Crippen LogP contribution is 2.28. The maximum Gasteiger partial charge on any atom is 0.338 e. The second-order valence-electron chi connectivity index (χ2n) is 8.19. The van der Waals surface area contributed by atoms with E-state index in [-0.39, 0.29) is 13.2 Å². The predicted octanol–water partition coefficient (Wildman–Crippen LogP) is 4.15. The molecule has 0 aliphatic carbocycles. The number of hydrogen-bond acceptors (Lipinski definition) is 7. The van der Waals surface area contributed by atoms with E-state index in [0.717, 1.165) is 0 Å². The fourth-order valence-electron chi connectivity index (χ4n) is 3.02. The molecule has 33 heavy (non-hydrogen) atoms. The standard InChI is InChI=1S/C25H31NO7/c1-7-32-23(28)15-22(27)26(16-18-10-13-20(30-5)14-21(18)31-6)19-11-8-17(9-12-19)24(29)33-25(2,3)4/h8-14H,7,15-16H2,1-6H3. The minimum atomic E-state index is -0.623. The number of hydrogen-bond donors (Lipinski definition) is 0. The van der Waals surface area contributed by atoms with Crippen molar-refractivity contribution in [2.24, 2.45) is 0 Å². The largest absolute Gasteiger partial charge is 0.497 e. The van der Waals surface area contributed by atoms with Crippen LogP contribution in [0, 0.1) is 0 Å². The Bertz CT molecular complexity index is 977. The molecule has 0 bridgehead atoms. The maximum absolute atomic E-state index is 13.0. The third-order valence-corrected chi connectivity index (χ3v) is 4.54. The number of carbonyl (C=O) groups excluding carboxylic acids is 3. The second-order valence-corrected chi connectivity index (χ2v) is 8.19. The Labute approximate surface area is 194 Å². The van der Waals surface area contributed by atoms with Gasteiger partial charge >= 0.3 is 11.9 Å². The molecular weight excluding hydrogens is 426 g/mol. The third kappa shape index (κ3) is 7.52. The Morgan fingerprint density at radius 1 is 0.939 bits per heavy atom. The van der Waals surface area contributed by atoms with E-state index in [1.54, 1.807) is 77.3 Å². The lowest BCUT2D eigenvalue weighted by molar-refractivity contribution is -0.145. The molecule has 0 aromatic heterocycles. The van der Waals surface area contributed by atoms with Gasteiger partial charge in [-0.1, -0.05) is 0 Å². The van der Waals surface area contributed by atoms with Gasteiger partial charge in [0.15, 0.2) is 0 Å². The van der Waals surface area contributed by atoms with Gasteiger partial charge in [-0.05, 0) is 64.1 Å². The van der Waals surface area contributed by atoms with E-state index in [2.05, 4.69) is 0 Å². The highest BCUT2D eigenvalue weighted by Gasteiger charge is 2.23. The summed E-state index contributed by atoms with van der Waals surface area (Å²) in [6.45, 7) is 7.36. The molecule has 2 rings (SSSR count). The van der Waals surface area contributed by atoms with Gasteiger partial charge in [-0.25, -0.2) is 4.79 Å². The summed E-state index contributed by atoms with van der Waals surface area (Å²) in [5.74, 6) is -0.374. The third-order valence-electron chi connectivity index (χ3n) is 4.54. The van der Waals surface area contributed by atoms with Crippen molar-refractivity contribution in [2.75, 3.05) is 25.7 Å². The maximum atomic E-state index is 13.0. The van der Waals surface area contributed by atoms with Gasteiger partial charge in [-0.2, -0.15) is 0 Å². The molecule has 0 radical (unpaired) electrons. The summed E-state index contributed by atoms with van der Waals surface area (Å²) < 4.78 is 21.0. The van der Waals surface area contributed by atoms with Gasteiger partial charge in [0.2, 0.25) is 5.91 Å². The van der Waals surface area contributed by atoms with Crippen LogP contribution in [-0.2, 0) is 25.6 Å². The summed E-state index contributed by atoms with van der Waals surface area (Å²) in [4.78, 5) is 38.8. The van der Waals surface area contributed by atoms with Crippen LogP contribution in [0.1, 0.15) is 50.0 Å². The van der Waals surface area contributed by atoms with Crippen LogP contribution in [0.5, 0.6) is 11.5 Å². The number of methoxy groups -OCH3 is 2. The van der Waals surface area contributed by atoms with E-state index in [9.17, 15) is 14.4 Å². The molecule has 8 heteroatoms. The topological polar surface area (TPSA) is 91.4 Å². The molecule has 0 atom stereocenters. The first-order valence-electron chi connectivity index (χ1n) is 10.6. The van der Waals surface area contributed by atoms with Gasteiger partial charge in [0.1, 0.15) is 23.5 Å². The van der Waals surface area contributed by atoms with Crippen LogP contribution in [0.2, 0.25) is 0 Å². The summed E-state index contributed by atoms with van der Waals surface area (Å²) >= 11 is 0. The lowest BCUT2D eigenvalue weighted by atomic mass is 10.1. The zero-order valence-electron chi connectivity index (χ0n) is 20.0. The number of ether oxygens (including phenoxy) is 4. The van der Waals surface area contributed by atoms with Crippen molar-refractivity contribution in [3.63, 3.8) is 0 Å². The highest BCUT2D eigenvalue weighted by molar-refractivity contribution is 6.03. The zero-order valence-corrected chi connectivity index (χ0v) is 20.0. The number of carbonyl (C=O) groups is 3.